The second kappa shape index (κ2) is 7.39. The molecule has 4 heteroatoms. The van der Waals surface area contributed by atoms with Gasteiger partial charge in [0.05, 0.1) is 5.41 Å². The van der Waals surface area contributed by atoms with Gasteiger partial charge in [-0.2, -0.15) is 0 Å². The zero-order chi connectivity index (χ0) is 14.3. The van der Waals surface area contributed by atoms with Crippen LogP contribution in [-0.4, -0.2) is 30.5 Å². The molecule has 1 aromatic rings. The average Bonchev–Trinajstić information content (AvgIpc) is 2.49. The van der Waals surface area contributed by atoms with E-state index in [0.29, 0.717) is 6.54 Å². The summed E-state index contributed by atoms with van der Waals surface area (Å²) >= 11 is 0. The number of hydrogen-bond acceptors (Lipinski definition) is 3. The van der Waals surface area contributed by atoms with Gasteiger partial charge in [0.1, 0.15) is 0 Å². The van der Waals surface area contributed by atoms with Crippen LogP contribution >= 0.6 is 0 Å². The van der Waals surface area contributed by atoms with Gasteiger partial charge in [0.15, 0.2) is 0 Å². The molecule has 4 nitrogen and oxygen atoms in total. The molecule has 110 valence electrons. The van der Waals surface area contributed by atoms with Crippen LogP contribution in [0.25, 0.3) is 0 Å². The molecular formula is C16H25N3O. The quantitative estimate of drug-likeness (QED) is 0.834. The first-order chi connectivity index (χ1) is 9.77. The Balaban J connectivity index is 1.85. The lowest BCUT2D eigenvalue weighted by Gasteiger charge is -2.36. The highest BCUT2D eigenvalue weighted by Gasteiger charge is 2.38. The van der Waals surface area contributed by atoms with E-state index in [4.69, 9.17) is 0 Å². The van der Waals surface area contributed by atoms with Crippen molar-refractivity contribution in [1.29, 1.82) is 0 Å². The van der Waals surface area contributed by atoms with Crippen LogP contribution in [0.5, 0.6) is 0 Å². The fourth-order valence-corrected chi connectivity index (χ4v) is 3.03. The Bertz CT molecular complexity index is 407. The lowest BCUT2D eigenvalue weighted by Crippen LogP contribution is -2.48. The number of nitrogens with one attached hydrogen (secondary N) is 2. The van der Waals surface area contributed by atoms with Crippen LogP contribution in [0.15, 0.2) is 24.5 Å². The molecule has 2 N–H and O–H groups in total. The number of piperidine rings is 1. The summed E-state index contributed by atoms with van der Waals surface area (Å²) in [7, 11) is 0. The van der Waals surface area contributed by atoms with Crippen LogP contribution in [0.3, 0.4) is 0 Å². The molecule has 20 heavy (non-hydrogen) atoms. The number of rotatable bonds is 6. The molecule has 0 saturated carbocycles. The van der Waals surface area contributed by atoms with Crippen LogP contribution in [0.4, 0.5) is 0 Å². The highest BCUT2D eigenvalue weighted by atomic mass is 16.2. The van der Waals surface area contributed by atoms with Gasteiger partial charge in [-0.05, 0) is 56.5 Å². The summed E-state index contributed by atoms with van der Waals surface area (Å²) in [5.74, 6) is 0.245. The molecule has 1 aromatic heterocycles. The van der Waals surface area contributed by atoms with Gasteiger partial charge < -0.3 is 10.6 Å². The van der Waals surface area contributed by atoms with Crippen molar-refractivity contribution in [2.24, 2.45) is 5.41 Å². The fourth-order valence-electron chi connectivity index (χ4n) is 3.03. The minimum absolute atomic E-state index is 0.141. The predicted molar refractivity (Wildman–Crippen MR) is 80.4 cm³/mol. The van der Waals surface area contributed by atoms with E-state index in [1.807, 2.05) is 12.1 Å². The van der Waals surface area contributed by atoms with Gasteiger partial charge in [-0.1, -0.05) is 13.3 Å². The summed E-state index contributed by atoms with van der Waals surface area (Å²) in [5.41, 5.74) is 1.08. The number of carbonyl (C=O) groups excluding carboxylic acids is 1. The number of aromatic nitrogens is 1. The number of hydrogen-bond donors (Lipinski definition) is 2. The van der Waals surface area contributed by atoms with Crippen molar-refractivity contribution < 1.29 is 4.79 Å². The SMILES string of the molecule is CCCC1(C(=O)NCCc2ccncc2)CCNCC1. The van der Waals surface area contributed by atoms with E-state index < -0.39 is 0 Å². The summed E-state index contributed by atoms with van der Waals surface area (Å²) in [4.78, 5) is 16.6. The second-order valence-electron chi connectivity index (χ2n) is 5.64. The van der Waals surface area contributed by atoms with Gasteiger partial charge in [0.2, 0.25) is 5.91 Å². The molecular weight excluding hydrogens is 250 g/mol. The van der Waals surface area contributed by atoms with Gasteiger partial charge in [0.25, 0.3) is 0 Å². The van der Waals surface area contributed by atoms with Gasteiger partial charge in [0, 0.05) is 18.9 Å². The van der Waals surface area contributed by atoms with E-state index in [-0.39, 0.29) is 11.3 Å². The first-order valence-electron chi connectivity index (χ1n) is 7.65. The largest absolute Gasteiger partial charge is 0.355 e. The molecule has 0 unspecified atom stereocenters. The van der Waals surface area contributed by atoms with Gasteiger partial charge in [-0.25, -0.2) is 0 Å². The summed E-state index contributed by atoms with van der Waals surface area (Å²) in [6.45, 7) is 4.78. The third-order valence-electron chi connectivity index (χ3n) is 4.22. The molecule has 1 aliphatic rings. The topological polar surface area (TPSA) is 54.0 Å². The molecule has 1 saturated heterocycles. The van der Waals surface area contributed by atoms with Crippen LogP contribution in [0.1, 0.15) is 38.2 Å². The average molecular weight is 275 g/mol. The lowest BCUT2D eigenvalue weighted by molar-refractivity contribution is -0.133. The van der Waals surface area contributed by atoms with Crippen molar-refractivity contribution in [3.05, 3.63) is 30.1 Å². The second-order valence-corrected chi connectivity index (χ2v) is 5.64. The van der Waals surface area contributed by atoms with E-state index in [1.165, 1.54) is 5.56 Å². The van der Waals surface area contributed by atoms with Crippen molar-refractivity contribution >= 4 is 5.91 Å². The van der Waals surface area contributed by atoms with Crippen LogP contribution in [0.2, 0.25) is 0 Å². The Morgan fingerprint density at radius 3 is 2.70 bits per heavy atom. The first-order valence-corrected chi connectivity index (χ1v) is 7.65. The molecule has 1 aliphatic heterocycles. The van der Waals surface area contributed by atoms with Crippen molar-refractivity contribution in [2.75, 3.05) is 19.6 Å². The predicted octanol–water partition coefficient (Wildman–Crippen LogP) is 1.91. The summed E-state index contributed by atoms with van der Waals surface area (Å²) < 4.78 is 0. The minimum atomic E-state index is -0.141. The van der Waals surface area contributed by atoms with E-state index in [1.54, 1.807) is 12.4 Å². The third kappa shape index (κ3) is 3.79. The summed E-state index contributed by atoms with van der Waals surface area (Å²) in [6, 6.07) is 4.00. The molecule has 0 atom stereocenters. The Hall–Kier alpha value is -1.42. The molecule has 0 aliphatic carbocycles. The molecule has 0 aromatic carbocycles. The molecule has 0 radical (unpaired) electrons. The van der Waals surface area contributed by atoms with Gasteiger partial charge in [-0.3, -0.25) is 9.78 Å². The highest BCUT2D eigenvalue weighted by Crippen LogP contribution is 2.34. The highest BCUT2D eigenvalue weighted by molar-refractivity contribution is 5.82. The normalized spacial score (nSPS) is 17.6. The van der Waals surface area contributed by atoms with Crippen molar-refractivity contribution in [3.63, 3.8) is 0 Å². The molecule has 2 heterocycles. The maximum absolute atomic E-state index is 12.5. The molecule has 2 rings (SSSR count). The number of amides is 1. The van der Waals surface area contributed by atoms with Crippen molar-refractivity contribution in [1.82, 2.24) is 15.6 Å². The van der Waals surface area contributed by atoms with Crippen molar-refractivity contribution in [3.8, 4) is 0 Å². The summed E-state index contributed by atoms with van der Waals surface area (Å²) in [6.07, 6.45) is 8.44. The molecule has 1 amide bonds. The number of nitrogens with zero attached hydrogens (tertiary/aromatic N) is 1. The Kier molecular flexibility index (Phi) is 5.53. The van der Waals surface area contributed by atoms with Crippen LogP contribution in [0, 0.1) is 5.41 Å². The van der Waals surface area contributed by atoms with E-state index in [9.17, 15) is 4.79 Å². The van der Waals surface area contributed by atoms with E-state index >= 15 is 0 Å². The summed E-state index contributed by atoms with van der Waals surface area (Å²) in [5, 5.41) is 6.49. The van der Waals surface area contributed by atoms with Crippen molar-refractivity contribution in [2.45, 2.75) is 39.0 Å². The third-order valence-corrected chi connectivity index (χ3v) is 4.22. The standard InChI is InChI=1S/C16H25N3O/c1-2-6-16(7-12-18-13-8-16)15(20)19-11-5-14-3-9-17-10-4-14/h3-4,9-10,18H,2,5-8,11-13H2,1H3,(H,19,20). The first kappa shape index (κ1) is 15.0. The van der Waals surface area contributed by atoms with Gasteiger partial charge in [-0.15, -0.1) is 0 Å². The molecule has 0 bridgehead atoms. The fraction of sp³-hybridized carbons (Fsp3) is 0.625. The van der Waals surface area contributed by atoms with E-state index in [2.05, 4.69) is 22.5 Å². The number of carbonyl (C=O) groups is 1. The van der Waals surface area contributed by atoms with Crippen LogP contribution in [-0.2, 0) is 11.2 Å². The zero-order valence-corrected chi connectivity index (χ0v) is 12.3. The maximum atomic E-state index is 12.5. The van der Waals surface area contributed by atoms with Crippen LogP contribution < -0.4 is 10.6 Å². The Morgan fingerprint density at radius 2 is 2.05 bits per heavy atom. The monoisotopic (exact) mass is 275 g/mol. The Labute approximate surface area is 121 Å². The smallest absolute Gasteiger partial charge is 0.226 e. The number of pyridine rings is 1. The van der Waals surface area contributed by atoms with Gasteiger partial charge >= 0.3 is 0 Å². The molecule has 1 fully saturated rings. The minimum Gasteiger partial charge on any atom is -0.355 e. The maximum Gasteiger partial charge on any atom is 0.226 e. The van der Waals surface area contributed by atoms with E-state index in [0.717, 1.165) is 45.2 Å². The molecule has 0 spiro atoms. The zero-order valence-electron chi connectivity index (χ0n) is 12.3. The Morgan fingerprint density at radius 1 is 1.35 bits per heavy atom. The lowest BCUT2D eigenvalue weighted by atomic mass is 9.74.